The Labute approximate surface area is 196 Å². The third kappa shape index (κ3) is 4.58. The second-order valence-corrected chi connectivity index (χ2v) is 9.09. The zero-order chi connectivity index (χ0) is 24.6. The van der Waals surface area contributed by atoms with Gasteiger partial charge in [0.2, 0.25) is 5.91 Å². The standard InChI is InChI=1S/C24H19F4N3O2S/c1-12-24(33)31(11-16-17(26)3-2-4-20(16)29)21-6-5-13(7-22(21)34-12)23(32)30-10-15-18(27)8-14(25)9-19(15)28/h2-9,12H,10-11,29H2,1H3,(H,30,32). The Morgan fingerprint density at radius 2 is 1.74 bits per heavy atom. The van der Waals surface area contributed by atoms with Crippen molar-refractivity contribution in [3.63, 3.8) is 0 Å². The molecule has 0 aromatic heterocycles. The number of nitrogen functional groups attached to an aromatic ring is 1. The minimum atomic E-state index is -1.10. The van der Waals surface area contributed by atoms with E-state index < -0.39 is 46.5 Å². The summed E-state index contributed by atoms with van der Waals surface area (Å²) in [6, 6.07) is 9.92. The van der Waals surface area contributed by atoms with Crippen molar-refractivity contribution in [3.8, 4) is 0 Å². The fourth-order valence-corrected chi connectivity index (χ4v) is 4.73. The van der Waals surface area contributed by atoms with E-state index in [0.717, 1.165) is 0 Å². The smallest absolute Gasteiger partial charge is 0.251 e. The summed E-state index contributed by atoms with van der Waals surface area (Å²) < 4.78 is 55.1. The molecule has 0 saturated heterocycles. The quantitative estimate of drug-likeness (QED) is 0.400. The molecule has 34 heavy (non-hydrogen) atoms. The predicted molar refractivity (Wildman–Crippen MR) is 121 cm³/mol. The van der Waals surface area contributed by atoms with Gasteiger partial charge in [-0.3, -0.25) is 9.59 Å². The SMILES string of the molecule is CC1Sc2cc(C(=O)NCc3c(F)cc(F)cc3F)ccc2N(Cc2c(N)cccc2F)C1=O. The molecule has 1 unspecified atom stereocenters. The maximum Gasteiger partial charge on any atom is 0.251 e. The lowest BCUT2D eigenvalue weighted by Gasteiger charge is -2.33. The largest absolute Gasteiger partial charge is 0.398 e. The highest BCUT2D eigenvalue weighted by atomic mass is 32.2. The van der Waals surface area contributed by atoms with E-state index in [0.29, 0.717) is 22.7 Å². The molecule has 3 aromatic carbocycles. The number of halogens is 4. The van der Waals surface area contributed by atoms with Crippen molar-refractivity contribution in [2.24, 2.45) is 0 Å². The topological polar surface area (TPSA) is 75.4 Å². The number of benzene rings is 3. The lowest BCUT2D eigenvalue weighted by Crippen LogP contribution is -2.39. The van der Waals surface area contributed by atoms with Crippen molar-refractivity contribution in [2.45, 2.75) is 30.2 Å². The number of hydrogen-bond acceptors (Lipinski definition) is 4. The molecule has 4 rings (SSSR count). The molecule has 0 radical (unpaired) electrons. The number of anilines is 2. The second-order valence-electron chi connectivity index (χ2n) is 7.71. The molecule has 0 aliphatic carbocycles. The van der Waals surface area contributed by atoms with Crippen LogP contribution in [0.25, 0.3) is 0 Å². The van der Waals surface area contributed by atoms with Gasteiger partial charge in [-0.15, -0.1) is 11.8 Å². The van der Waals surface area contributed by atoms with Gasteiger partial charge >= 0.3 is 0 Å². The Kier molecular flexibility index (Phi) is 6.52. The minimum absolute atomic E-state index is 0.0795. The third-order valence-corrected chi connectivity index (χ3v) is 6.57. The average molecular weight is 489 g/mol. The molecule has 10 heteroatoms. The van der Waals surface area contributed by atoms with E-state index in [1.165, 1.54) is 34.9 Å². The number of rotatable bonds is 5. The number of hydrogen-bond donors (Lipinski definition) is 2. The van der Waals surface area contributed by atoms with E-state index in [-0.39, 0.29) is 29.3 Å². The number of fused-ring (bicyclic) bond motifs is 1. The first-order valence-corrected chi connectivity index (χ1v) is 11.1. The van der Waals surface area contributed by atoms with E-state index in [1.54, 1.807) is 25.1 Å². The second kappa shape index (κ2) is 9.38. The van der Waals surface area contributed by atoms with E-state index in [9.17, 15) is 27.2 Å². The summed E-state index contributed by atoms with van der Waals surface area (Å²) in [7, 11) is 0. The van der Waals surface area contributed by atoms with E-state index in [1.807, 2.05) is 0 Å². The first-order valence-electron chi connectivity index (χ1n) is 10.2. The highest BCUT2D eigenvalue weighted by Gasteiger charge is 2.32. The van der Waals surface area contributed by atoms with Crippen LogP contribution in [-0.4, -0.2) is 17.1 Å². The molecule has 1 atom stereocenters. The van der Waals surface area contributed by atoms with Crippen LogP contribution in [0.2, 0.25) is 0 Å². The van der Waals surface area contributed by atoms with Gasteiger partial charge in [0.05, 0.1) is 17.5 Å². The van der Waals surface area contributed by atoms with Crippen LogP contribution in [0.1, 0.15) is 28.4 Å². The first kappa shape index (κ1) is 23.6. The number of thioether (sulfide) groups is 1. The molecule has 0 saturated carbocycles. The normalized spacial score (nSPS) is 15.3. The molecule has 1 aliphatic rings. The van der Waals surface area contributed by atoms with Crippen LogP contribution in [0.4, 0.5) is 28.9 Å². The van der Waals surface area contributed by atoms with Crippen molar-refractivity contribution in [2.75, 3.05) is 10.6 Å². The lowest BCUT2D eigenvalue weighted by molar-refractivity contribution is -0.118. The maximum absolute atomic E-state index is 14.3. The Hall–Kier alpha value is -3.53. The van der Waals surface area contributed by atoms with Crippen molar-refractivity contribution in [3.05, 3.63) is 88.5 Å². The van der Waals surface area contributed by atoms with Gasteiger partial charge in [-0.2, -0.15) is 0 Å². The summed E-state index contributed by atoms with van der Waals surface area (Å²) in [5.41, 5.74) is 6.53. The third-order valence-electron chi connectivity index (χ3n) is 5.43. The van der Waals surface area contributed by atoms with Gasteiger partial charge in [-0.1, -0.05) is 6.07 Å². The molecule has 3 N–H and O–H groups in total. The Morgan fingerprint density at radius 3 is 2.41 bits per heavy atom. The molecule has 3 aromatic rings. The van der Waals surface area contributed by atoms with Crippen LogP contribution >= 0.6 is 11.8 Å². The average Bonchev–Trinajstić information content (AvgIpc) is 2.77. The first-order chi connectivity index (χ1) is 16.2. The van der Waals surface area contributed by atoms with Gasteiger partial charge in [0.25, 0.3) is 5.91 Å². The van der Waals surface area contributed by atoms with Gasteiger partial charge in [-0.25, -0.2) is 17.6 Å². The van der Waals surface area contributed by atoms with Crippen LogP contribution in [-0.2, 0) is 17.9 Å². The Morgan fingerprint density at radius 1 is 1.03 bits per heavy atom. The van der Waals surface area contributed by atoms with Crippen molar-refractivity contribution in [1.29, 1.82) is 0 Å². The lowest BCUT2D eigenvalue weighted by atomic mass is 10.1. The number of carbonyl (C=O) groups is 2. The molecule has 2 amide bonds. The van der Waals surface area contributed by atoms with Gasteiger partial charge in [0.15, 0.2) is 0 Å². The zero-order valence-electron chi connectivity index (χ0n) is 17.9. The van der Waals surface area contributed by atoms with E-state index in [2.05, 4.69) is 5.32 Å². The molecule has 176 valence electrons. The molecule has 0 fully saturated rings. The van der Waals surface area contributed by atoms with Crippen molar-refractivity contribution >= 4 is 35.0 Å². The molecular weight excluding hydrogens is 470 g/mol. The molecule has 1 aliphatic heterocycles. The predicted octanol–water partition coefficient (Wildman–Crippen LogP) is 4.78. The molecule has 0 spiro atoms. The van der Waals surface area contributed by atoms with Crippen LogP contribution in [0.5, 0.6) is 0 Å². The molecular formula is C24H19F4N3O2S. The Bertz CT molecular complexity index is 1260. The highest BCUT2D eigenvalue weighted by molar-refractivity contribution is 8.01. The summed E-state index contributed by atoms with van der Waals surface area (Å²) in [5.74, 6) is -4.64. The highest BCUT2D eigenvalue weighted by Crippen LogP contribution is 2.41. The minimum Gasteiger partial charge on any atom is -0.398 e. The van der Waals surface area contributed by atoms with Gasteiger partial charge in [0.1, 0.15) is 23.3 Å². The monoisotopic (exact) mass is 489 g/mol. The van der Waals surface area contributed by atoms with E-state index in [4.69, 9.17) is 5.73 Å². The Balaban J connectivity index is 1.58. The van der Waals surface area contributed by atoms with Crippen molar-refractivity contribution < 1.29 is 27.2 Å². The summed E-state index contributed by atoms with van der Waals surface area (Å²) >= 11 is 1.24. The van der Waals surface area contributed by atoms with Crippen LogP contribution < -0.4 is 16.0 Å². The number of amides is 2. The number of nitrogens with one attached hydrogen (secondary N) is 1. The summed E-state index contributed by atoms with van der Waals surface area (Å²) in [5, 5.41) is 1.91. The fourth-order valence-electron chi connectivity index (χ4n) is 3.63. The molecule has 1 heterocycles. The zero-order valence-corrected chi connectivity index (χ0v) is 18.7. The number of nitrogens with zero attached hydrogens (tertiary/aromatic N) is 1. The van der Waals surface area contributed by atoms with Crippen LogP contribution in [0.3, 0.4) is 0 Å². The fraction of sp³-hybridized carbons (Fsp3) is 0.167. The van der Waals surface area contributed by atoms with Gasteiger partial charge in [0, 0.05) is 46.0 Å². The van der Waals surface area contributed by atoms with E-state index >= 15 is 0 Å². The summed E-state index contributed by atoms with van der Waals surface area (Å²) in [4.78, 5) is 27.5. The van der Waals surface area contributed by atoms with Gasteiger partial charge in [-0.05, 0) is 37.3 Å². The molecule has 5 nitrogen and oxygen atoms in total. The van der Waals surface area contributed by atoms with Crippen LogP contribution in [0.15, 0.2) is 53.4 Å². The maximum atomic E-state index is 14.3. The van der Waals surface area contributed by atoms with Crippen molar-refractivity contribution in [1.82, 2.24) is 5.32 Å². The summed E-state index contributed by atoms with van der Waals surface area (Å²) in [6.45, 7) is 1.14. The van der Waals surface area contributed by atoms with Gasteiger partial charge < -0.3 is 16.0 Å². The summed E-state index contributed by atoms with van der Waals surface area (Å²) in [6.07, 6.45) is 0. The number of nitrogens with two attached hydrogens (primary N) is 1. The number of carbonyl (C=O) groups excluding carboxylic acids is 2. The molecule has 0 bridgehead atoms. The van der Waals surface area contributed by atoms with Crippen LogP contribution in [0, 0.1) is 23.3 Å².